The van der Waals surface area contributed by atoms with Crippen LogP contribution < -0.4 is 4.74 Å². The molecule has 1 aromatic carbocycles. The van der Waals surface area contributed by atoms with Crippen LogP contribution in [-0.4, -0.2) is 11.8 Å². The van der Waals surface area contributed by atoms with Gasteiger partial charge in [0.25, 0.3) is 0 Å². The van der Waals surface area contributed by atoms with E-state index in [1.807, 2.05) is 6.07 Å². The molecule has 0 amide bonds. The van der Waals surface area contributed by atoms with Crippen LogP contribution in [0.5, 0.6) is 5.75 Å². The highest BCUT2D eigenvalue weighted by Crippen LogP contribution is 2.36. The van der Waals surface area contributed by atoms with Gasteiger partial charge in [0.05, 0.1) is 11.6 Å². The minimum absolute atomic E-state index is 0.0465. The third-order valence-electron chi connectivity index (χ3n) is 6.38. The van der Waals surface area contributed by atoms with Gasteiger partial charge in [-0.3, -0.25) is 4.99 Å². The fourth-order valence-corrected chi connectivity index (χ4v) is 3.99. The number of ether oxygens (including phenoxy) is 1. The Morgan fingerprint density at radius 1 is 1.07 bits per heavy atom. The maximum absolute atomic E-state index is 6.20. The van der Waals surface area contributed by atoms with Gasteiger partial charge in [-0.1, -0.05) is 69.2 Å². The number of allylic oxidation sites excluding steroid dienone is 6. The minimum Gasteiger partial charge on any atom is -0.485 e. The fourth-order valence-electron chi connectivity index (χ4n) is 3.99. The van der Waals surface area contributed by atoms with Crippen LogP contribution in [0.2, 0.25) is 0 Å². The molecule has 1 aromatic rings. The average molecular weight is 374 g/mol. The van der Waals surface area contributed by atoms with Gasteiger partial charge >= 0.3 is 0 Å². The van der Waals surface area contributed by atoms with E-state index in [1.165, 1.54) is 25.0 Å². The van der Waals surface area contributed by atoms with Gasteiger partial charge in [-0.25, -0.2) is 0 Å². The van der Waals surface area contributed by atoms with Crippen molar-refractivity contribution in [3.63, 3.8) is 0 Å². The first-order valence-corrected chi connectivity index (χ1v) is 10.6. The molecule has 0 spiro atoms. The van der Waals surface area contributed by atoms with Gasteiger partial charge in [0.1, 0.15) is 11.9 Å². The molecule has 28 heavy (non-hydrogen) atoms. The topological polar surface area (TPSA) is 21.6 Å². The van der Waals surface area contributed by atoms with Crippen LogP contribution in [0, 0.1) is 11.3 Å². The van der Waals surface area contributed by atoms with Crippen LogP contribution in [0.1, 0.15) is 58.4 Å². The van der Waals surface area contributed by atoms with Crippen LogP contribution >= 0.6 is 0 Å². The van der Waals surface area contributed by atoms with Gasteiger partial charge in [0.2, 0.25) is 0 Å². The molecular formula is C26H31NO. The maximum atomic E-state index is 6.20. The molecule has 0 radical (unpaired) electrons. The second-order valence-electron chi connectivity index (χ2n) is 8.87. The van der Waals surface area contributed by atoms with E-state index in [-0.39, 0.29) is 12.0 Å². The Kier molecular flexibility index (Phi) is 5.39. The number of rotatable bonds is 5. The van der Waals surface area contributed by atoms with Crippen molar-refractivity contribution >= 4 is 5.71 Å². The Morgan fingerprint density at radius 2 is 1.89 bits per heavy atom. The third kappa shape index (κ3) is 4.06. The number of hydrogen-bond acceptors (Lipinski definition) is 2. The molecule has 0 saturated carbocycles. The highest BCUT2D eigenvalue weighted by atomic mass is 16.5. The van der Waals surface area contributed by atoms with Crippen LogP contribution in [0.25, 0.3) is 0 Å². The second kappa shape index (κ2) is 7.95. The van der Waals surface area contributed by atoms with E-state index in [0.29, 0.717) is 5.41 Å². The first kappa shape index (κ1) is 19.0. The molecule has 2 heteroatoms. The average Bonchev–Trinajstić information content (AvgIpc) is 2.73. The number of hydrogen-bond donors (Lipinski definition) is 0. The summed E-state index contributed by atoms with van der Waals surface area (Å²) in [7, 11) is 0. The molecule has 2 unspecified atom stereocenters. The van der Waals surface area contributed by atoms with E-state index in [0.717, 1.165) is 29.9 Å². The molecule has 2 nitrogen and oxygen atoms in total. The predicted molar refractivity (Wildman–Crippen MR) is 118 cm³/mol. The molecule has 0 bridgehead atoms. The van der Waals surface area contributed by atoms with Crippen molar-refractivity contribution < 1.29 is 4.74 Å². The van der Waals surface area contributed by atoms with Gasteiger partial charge in [-0.15, -0.1) is 0 Å². The lowest BCUT2D eigenvalue weighted by atomic mass is 9.82. The summed E-state index contributed by atoms with van der Waals surface area (Å²) >= 11 is 0. The SMILES string of the molecule is CCC(C)(C)CCC1=CC=C(N=C2c3ccccc3OC3C=CC=CC23)CC1. The lowest BCUT2D eigenvalue weighted by Crippen LogP contribution is -2.36. The molecule has 4 rings (SSSR count). The lowest BCUT2D eigenvalue weighted by molar-refractivity contribution is 0.219. The Bertz CT molecular complexity index is 881. The molecule has 1 aliphatic heterocycles. The molecule has 146 valence electrons. The summed E-state index contributed by atoms with van der Waals surface area (Å²) in [5, 5.41) is 0. The Hall–Kier alpha value is -2.35. The number of benzene rings is 1. The minimum atomic E-state index is 0.0465. The van der Waals surface area contributed by atoms with E-state index >= 15 is 0 Å². The van der Waals surface area contributed by atoms with Crippen molar-refractivity contribution in [2.45, 2.75) is 59.0 Å². The molecule has 2 atom stereocenters. The number of fused-ring (bicyclic) bond motifs is 2. The summed E-state index contributed by atoms with van der Waals surface area (Å²) in [4.78, 5) is 5.15. The summed E-state index contributed by atoms with van der Waals surface area (Å²) in [5.74, 6) is 1.13. The van der Waals surface area contributed by atoms with E-state index in [9.17, 15) is 0 Å². The van der Waals surface area contributed by atoms with Crippen molar-refractivity contribution in [3.8, 4) is 5.75 Å². The molecule has 3 aliphatic rings. The number of nitrogens with zero attached hydrogens (tertiary/aromatic N) is 1. The molecule has 0 saturated heterocycles. The molecule has 1 heterocycles. The van der Waals surface area contributed by atoms with E-state index in [4.69, 9.17) is 9.73 Å². The first-order chi connectivity index (χ1) is 13.6. The second-order valence-corrected chi connectivity index (χ2v) is 8.87. The smallest absolute Gasteiger partial charge is 0.129 e. The van der Waals surface area contributed by atoms with E-state index in [1.54, 1.807) is 5.57 Å². The standard InChI is InChI=1S/C26H31NO/c1-4-26(2,3)18-17-19-13-15-20(16-14-19)27-25-21-9-5-7-11-23(21)28-24-12-8-6-10-22(24)25/h5-13,15,21,23H,4,14,16-18H2,1-3H3. The highest BCUT2D eigenvalue weighted by Gasteiger charge is 2.33. The van der Waals surface area contributed by atoms with Crippen molar-refractivity contribution in [2.75, 3.05) is 0 Å². The summed E-state index contributed by atoms with van der Waals surface area (Å²) in [5.41, 5.74) is 5.46. The normalized spacial score (nSPS) is 24.9. The van der Waals surface area contributed by atoms with E-state index in [2.05, 4.69) is 75.4 Å². The Balaban J connectivity index is 1.58. The molecule has 0 aromatic heterocycles. The predicted octanol–water partition coefficient (Wildman–Crippen LogP) is 6.80. The van der Waals surface area contributed by atoms with Crippen molar-refractivity contribution in [2.24, 2.45) is 16.3 Å². The van der Waals surface area contributed by atoms with Crippen LogP contribution in [-0.2, 0) is 0 Å². The fraction of sp³-hybridized carbons (Fsp3) is 0.423. The van der Waals surface area contributed by atoms with Gasteiger partial charge in [0.15, 0.2) is 0 Å². The van der Waals surface area contributed by atoms with Gasteiger partial charge in [0, 0.05) is 11.3 Å². The van der Waals surface area contributed by atoms with Crippen molar-refractivity contribution in [1.82, 2.24) is 0 Å². The van der Waals surface area contributed by atoms with Crippen molar-refractivity contribution in [1.29, 1.82) is 0 Å². The van der Waals surface area contributed by atoms with Crippen LogP contribution in [0.3, 0.4) is 0 Å². The largest absolute Gasteiger partial charge is 0.485 e. The van der Waals surface area contributed by atoms with Gasteiger partial charge in [-0.05, 0) is 55.4 Å². The lowest BCUT2D eigenvalue weighted by Gasteiger charge is -2.33. The number of para-hydroxylation sites is 1. The van der Waals surface area contributed by atoms with Crippen LogP contribution in [0.4, 0.5) is 0 Å². The highest BCUT2D eigenvalue weighted by molar-refractivity contribution is 6.07. The maximum Gasteiger partial charge on any atom is 0.129 e. The quantitative estimate of drug-likeness (QED) is 0.556. The molecule has 2 aliphatic carbocycles. The van der Waals surface area contributed by atoms with Crippen molar-refractivity contribution in [3.05, 3.63) is 77.6 Å². The summed E-state index contributed by atoms with van der Waals surface area (Å²) in [6, 6.07) is 8.29. The van der Waals surface area contributed by atoms with Crippen LogP contribution in [0.15, 0.2) is 77.0 Å². The number of aliphatic imine (C=N–C) groups is 1. The summed E-state index contributed by atoms with van der Waals surface area (Å²) in [6.07, 6.45) is 19.0. The van der Waals surface area contributed by atoms with Gasteiger partial charge in [-0.2, -0.15) is 0 Å². The Morgan fingerprint density at radius 3 is 2.68 bits per heavy atom. The molecular weight excluding hydrogens is 342 g/mol. The zero-order valence-corrected chi connectivity index (χ0v) is 17.3. The molecule has 0 N–H and O–H groups in total. The molecule has 0 fully saturated rings. The first-order valence-electron chi connectivity index (χ1n) is 10.6. The van der Waals surface area contributed by atoms with E-state index < -0.39 is 0 Å². The third-order valence-corrected chi connectivity index (χ3v) is 6.38. The monoisotopic (exact) mass is 373 g/mol. The zero-order chi connectivity index (χ0) is 19.6. The summed E-state index contributed by atoms with van der Waals surface area (Å²) in [6.45, 7) is 7.03. The summed E-state index contributed by atoms with van der Waals surface area (Å²) < 4.78 is 6.20. The Labute approximate surface area is 169 Å². The van der Waals surface area contributed by atoms with Gasteiger partial charge < -0.3 is 4.74 Å². The zero-order valence-electron chi connectivity index (χ0n) is 17.3.